The van der Waals surface area contributed by atoms with Gasteiger partial charge in [-0.1, -0.05) is 6.07 Å². The first kappa shape index (κ1) is 20.2. The van der Waals surface area contributed by atoms with Crippen molar-refractivity contribution in [2.75, 3.05) is 19.0 Å². The molecule has 144 valence electrons. The number of hydrogen-bond donors (Lipinski definition) is 1. The number of amides is 1. The number of methoxy groups -OCH3 is 1. The van der Waals surface area contributed by atoms with E-state index in [9.17, 15) is 18.4 Å². The van der Waals surface area contributed by atoms with Gasteiger partial charge < -0.3 is 19.5 Å². The standard InChI is InChI=1S/C19H19F2NO5/c1-4-26-16-10-12(8-9-15(16)25-3)19(24)27-11(2)18(23)22-17-13(20)6-5-7-14(17)21/h5-11H,4H2,1-3H3,(H,22,23). The number of para-hydroxylation sites is 1. The van der Waals surface area contributed by atoms with E-state index in [1.54, 1.807) is 6.92 Å². The van der Waals surface area contributed by atoms with Gasteiger partial charge >= 0.3 is 5.97 Å². The maximum atomic E-state index is 13.6. The van der Waals surface area contributed by atoms with Gasteiger partial charge in [0.05, 0.1) is 19.3 Å². The molecule has 27 heavy (non-hydrogen) atoms. The van der Waals surface area contributed by atoms with E-state index >= 15 is 0 Å². The summed E-state index contributed by atoms with van der Waals surface area (Å²) in [5, 5.41) is 2.07. The lowest BCUT2D eigenvalue weighted by Gasteiger charge is -2.15. The molecule has 1 amide bonds. The fraction of sp³-hybridized carbons (Fsp3) is 0.263. The Balaban J connectivity index is 2.08. The van der Waals surface area contributed by atoms with Crippen LogP contribution in [0.15, 0.2) is 36.4 Å². The third-order valence-corrected chi connectivity index (χ3v) is 3.56. The van der Waals surface area contributed by atoms with Crippen molar-refractivity contribution in [3.05, 3.63) is 53.6 Å². The van der Waals surface area contributed by atoms with Gasteiger partial charge in [0.2, 0.25) is 0 Å². The molecule has 0 aromatic heterocycles. The predicted molar refractivity (Wildman–Crippen MR) is 94.0 cm³/mol. The van der Waals surface area contributed by atoms with Crippen LogP contribution < -0.4 is 14.8 Å². The molecule has 2 aromatic carbocycles. The van der Waals surface area contributed by atoms with Crippen LogP contribution >= 0.6 is 0 Å². The Morgan fingerprint density at radius 1 is 1.11 bits per heavy atom. The first-order valence-corrected chi connectivity index (χ1v) is 8.14. The van der Waals surface area contributed by atoms with Gasteiger partial charge in [0.1, 0.15) is 17.3 Å². The van der Waals surface area contributed by atoms with Crippen molar-refractivity contribution in [1.29, 1.82) is 0 Å². The van der Waals surface area contributed by atoms with Gasteiger partial charge in [-0.15, -0.1) is 0 Å². The van der Waals surface area contributed by atoms with Gasteiger partial charge in [0.25, 0.3) is 5.91 Å². The van der Waals surface area contributed by atoms with Gasteiger partial charge in [-0.3, -0.25) is 4.79 Å². The number of halogens is 2. The van der Waals surface area contributed by atoms with E-state index in [-0.39, 0.29) is 5.56 Å². The topological polar surface area (TPSA) is 73.9 Å². The number of carbonyl (C=O) groups is 2. The molecule has 0 heterocycles. The molecule has 0 fully saturated rings. The van der Waals surface area contributed by atoms with Crippen LogP contribution in [0.2, 0.25) is 0 Å². The van der Waals surface area contributed by atoms with Crippen molar-refractivity contribution < 1.29 is 32.6 Å². The lowest BCUT2D eigenvalue weighted by molar-refractivity contribution is -0.123. The Morgan fingerprint density at radius 2 is 1.78 bits per heavy atom. The second kappa shape index (κ2) is 8.98. The smallest absolute Gasteiger partial charge is 0.339 e. The van der Waals surface area contributed by atoms with Gasteiger partial charge in [-0.05, 0) is 44.2 Å². The van der Waals surface area contributed by atoms with E-state index in [2.05, 4.69) is 5.32 Å². The minimum Gasteiger partial charge on any atom is -0.493 e. The first-order chi connectivity index (χ1) is 12.9. The van der Waals surface area contributed by atoms with Crippen LogP contribution in [-0.4, -0.2) is 31.7 Å². The van der Waals surface area contributed by atoms with E-state index in [0.29, 0.717) is 18.1 Å². The molecule has 0 aliphatic carbocycles. The predicted octanol–water partition coefficient (Wildman–Crippen LogP) is 3.56. The maximum Gasteiger partial charge on any atom is 0.339 e. The number of anilines is 1. The van der Waals surface area contributed by atoms with Crippen LogP contribution in [0.25, 0.3) is 0 Å². The molecule has 2 rings (SSSR count). The molecule has 0 spiro atoms. The molecule has 0 radical (unpaired) electrons. The Kier molecular flexibility index (Phi) is 6.70. The summed E-state index contributed by atoms with van der Waals surface area (Å²) in [5.41, 5.74) is -0.468. The van der Waals surface area contributed by atoms with Crippen molar-refractivity contribution >= 4 is 17.6 Å². The summed E-state index contributed by atoms with van der Waals surface area (Å²) < 4.78 is 42.8. The number of hydrogen-bond acceptors (Lipinski definition) is 5. The third-order valence-electron chi connectivity index (χ3n) is 3.56. The largest absolute Gasteiger partial charge is 0.493 e. The number of carbonyl (C=O) groups excluding carboxylic acids is 2. The summed E-state index contributed by atoms with van der Waals surface area (Å²) in [4.78, 5) is 24.3. The van der Waals surface area contributed by atoms with E-state index < -0.39 is 35.3 Å². The minimum atomic E-state index is -1.28. The SMILES string of the molecule is CCOc1cc(C(=O)OC(C)C(=O)Nc2c(F)cccc2F)ccc1OC. The van der Waals surface area contributed by atoms with Crippen LogP contribution in [0.1, 0.15) is 24.2 Å². The average molecular weight is 379 g/mol. The van der Waals surface area contributed by atoms with Gasteiger partial charge in [0, 0.05) is 0 Å². The van der Waals surface area contributed by atoms with E-state index in [0.717, 1.165) is 12.1 Å². The zero-order valence-electron chi connectivity index (χ0n) is 15.0. The van der Waals surface area contributed by atoms with Crippen LogP contribution in [0.4, 0.5) is 14.5 Å². The van der Waals surface area contributed by atoms with Crippen LogP contribution in [-0.2, 0) is 9.53 Å². The molecule has 0 aliphatic rings. The molecule has 0 aliphatic heterocycles. The van der Waals surface area contributed by atoms with Crippen molar-refractivity contribution in [2.24, 2.45) is 0 Å². The summed E-state index contributed by atoms with van der Waals surface area (Å²) in [7, 11) is 1.46. The molecule has 6 nitrogen and oxygen atoms in total. The molecule has 1 unspecified atom stereocenters. The minimum absolute atomic E-state index is 0.135. The Morgan fingerprint density at radius 3 is 2.37 bits per heavy atom. The zero-order valence-corrected chi connectivity index (χ0v) is 15.0. The number of benzene rings is 2. The highest BCUT2D eigenvalue weighted by Crippen LogP contribution is 2.28. The molecule has 0 bridgehead atoms. The average Bonchev–Trinajstić information content (AvgIpc) is 2.64. The van der Waals surface area contributed by atoms with Gasteiger partial charge in [-0.25, -0.2) is 13.6 Å². The van der Waals surface area contributed by atoms with E-state index in [4.69, 9.17) is 14.2 Å². The van der Waals surface area contributed by atoms with Crippen LogP contribution in [0.3, 0.4) is 0 Å². The van der Waals surface area contributed by atoms with Gasteiger partial charge in [0.15, 0.2) is 17.6 Å². The highest BCUT2D eigenvalue weighted by Gasteiger charge is 2.22. The summed E-state index contributed by atoms with van der Waals surface area (Å²) in [6, 6.07) is 7.57. The molecule has 1 atom stereocenters. The molecular weight excluding hydrogens is 360 g/mol. The maximum absolute atomic E-state index is 13.6. The number of esters is 1. The number of nitrogens with one attached hydrogen (secondary N) is 1. The Bertz CT molecular complexity index is 821. The molecule has 1 N–H and O–H groups in total. The van der Waals surface area contributed by atoms with Crippen molar-refractivity contribution in [2.45, 2.75) is 20.0 Å². The fourth-order valence-electron chi connectivity index (χ4n) is 2.20. The van der Waals surface area contributed by atoms with Crippen LogP contribution in [0.5, 0.6) is 11.5 Å². The fourth-order valence-corrected chi connectivity index (χ4v) is 2.20. The van der Waals surface area contributed by atoms with E-state index in [1.807, 2.05) is 0 Å². The highest BCUT2D eigenvalue weighted by molar-refractivity contribution is 5.97. The molecule has 2 aromatic rings. The Labute approximate surface area is 155 Å². The number of rotatable bonds is 7. The first-order valence-electron chi connectivity index (χ1n) is 8.14. The normalized spacial score (nSPS) is 11.4. The quantitative estimate of drug-likeness (QED) is 0.745. The third kappa shape index (κ3) is 4.93. The molecular formula is C19H19F2NO5. The Hall–Kier alpha value is -3.16. The number of ether oxygens (including phenoxy) is 3. The summed E-state index contributed by atoms with van der Waals surface area (Å²) >= 11 is 0. The lowest BCUT2D eigenvalue weighted by Crippen LogP contribution is -2.30. The molecule has 0 saturated carbocycles. The monoisotopic (exact) mass is 379 g/mol. The highest BCUT2D eigenvalue weighted by atomic mass is 19.1. The van der Waals surface area contributed by atoms with Crippen molar-refractivity contribution in [3.8, 4) is 11.5 Å². The second-order valence-electron chi connectivity index (χ2n) is 5.43. The molecule has 0 saturated heterocycles. The van der Waals surface area contributed by atoms with E-state index in [1.165, 1.54) is 38.3 Å². The zero-order chi connectivity index (χ0) is 20.0. The van der Waals surface area contributed by atoms with Crippen molar-refractivity contribution in [1.82, 2.24) is 0 Å². The molecule has 8 heteroatoms. The summed E-state index contributed by atoms with van der Waals surface area (Å²) in [6.45, 7) is 3.43. The van der Waals surface area contributed by atoms with Crippen LogP contribution in [0, 0.1) is 11.6 Å². The second-order valence-corrected chi connectivity index (χ2v) is 5.43. The summed E-state index contributed by atoms with van der Waals surface area (Å²) in [6.07, 6.45) is -1.28. The van der Waals surface area contributed by atoms with Gasteiger partial charge in [-0.2, -0.15) is 0 Å². The lowest BCUT2D eigenvalue weighted by atomic mass is 10.2. The summed E-state index contributed by atoms with van der Waals surface area (Å²) in [5.74, 6) is -2.74. The van der Waals surface area contributed by atoms with Crippen molar-refractivity contribution in [3.63, 3.8) is 0 Å².